The first-order chi connectivity index (χ1) is 14.6. The third kappa shape index (κ3) is 6.63. The number of benzene rings is 2. The van der Waals surface area contributed by atoms with Gasteiger partial charge in [0.05, 0.1) is 11.3 Å². The number of carbonyl (C=O) groups is 2. The molecule has 1 N–H and O–H groups in total. The van der Waals surface area contributed by atoms with Crippen LogP contribution in [-0.4, -0.2) is 42.1 Å². The van der Waals surface area contributed by atoms with Crippen molar-refractivity contribution in [3.05, 3.63) is 65.7 Å². The maximum absolute atomic E-state index is 12.7. The van der Waals surface area contributed by atoms with Crippen LogP contribution in [0, 0.1) is 0 Å². The van der Waals surface area contributed by atoms with Crippen molar-refractivity contribution in [3.8, 4) is 0 Å². The van der Waals surface area contributed by atoms with E-state index >= 15 is 0 Å². The zero-order valence-corrected chi connectivity index (χ0v) is 18.6. The summed E-state index contributed by atoms with van der Waals surface area (Å²) in [6, 6.07) is 18.2. The molecule has 0 radical (unpaired) electrons. The monoisotopic (exact) mass is 424 g/mol. The third-order valence-electron chi connectivity index (χ3n) is 5.77. The van der Waals surface area contributed by atoms with Gasteiger partial charge < -0.3 is 10.2 Å². The molecule has 1 aliphatic rings. The first kappa shape index (κ1) is 22.4. The molecule has 1 saturated carbocycles. The highest BCUT2D eigenvalue weighted by Crippen LogP contribution is 2.25. The molecule has 0 unspecified atom stereocenters. The van der Waals surface area contributed by atoms with E-state index in [-0.39, 0.29) is 11.8 Å². The highest BCUT2D eigenvalue weighted by atomic mass is 32.2. The van der Waals surface area contributed by atoms with Gasteiger partial charge >= 0.3 is 0 Å². The van der Waals surface area contributed by atoms with Crippen LogP contribution in [-0.2, 0) is 11.2 Å². The quantitative estimate of drug-likeness (QED) is 0.459. The van der Waals surface area contributed by atoms with E-state index in [0.717, 1.165) is 30.6 Å². The standard InChI is InChI=1S/C25H32N2O2S/c1-27(21-14-6-3-7-15-21)24(28)19-30-23-17-9-8-16-22(23)25(29)26-18-10-13-20-11-4-2-5-12-20/h2,4-5,8-9,11-12,16-17,21H,3,6-7,10,13-15,18-19H2,1H3,(H,26,29). The zero-order chi connectivity index (χ0) is 21.2. The Balaban J connectivity index is 1.48. The molecule has 0 heterocycles. The Morgan fingerprint density at radius 2 is 1.70 bits per heavy atom. The Hall–Kier alpha value is -2.27. The van der Waals surface area contributed by atoms with Crippen LogP contribution in [0.2, 0.25) is 0 Å². The number of rotatable bonds is 9. The molecule has 3 rings (SSSR count). The number of hydrogen-bond acceptors (Lipinski definition) is 3. The van der Waals surface area contributed by atoms with Crippen molar-refractivity contribution < 1.29 is 9.59 Å². The SMILES string of the molecule is CN(C(=O)CSc1ccccc1C(=O)NCCCc1ccccc1)C1CCCCC1. The summed E-state index contributed by atoms with van der Waals surface area (Å²) in [6.07, 6.45) is 7.76. The first-order valence-electron chi connectivity index (χ1n) is 10.9. The van der Waals surface area contributed by atoms with Crippen LogP contribution in [0.1, 0.15) is 54.4 Å². The number of thioether (sulfide) groups is 1. The van der Waals surface area contributed by atoms with Crippen LogP contribution in [0.25, 0.3) is 0 Å². The van der Waals surface area contributed by atoms with E-state index in [0.29, 0.717) is 23.9 Å². The summed E-state index contributed by atoms with van der Waals surface area (Å²) in [5, 5.41) is 3.02. The van der Waals surface area contributed by atoms with Gasteiger partial charge in [0.25, 0.3) is 5.91 Å². The highest BCUT2D eigenvalue weighted by molar-refractivity contribution is 8.00. The van der Waals surface area contributed by atoms with E-state index in [9.17, 15) is 9.59 Å². The van der Waals surface area contributed by atoms with Gasteiger partial charge in [-0.1, -0.05) is 61.7 Å². The van der Waals surface area contributed by atoms with E-state index in [1.54, 1.807) is 0 Å². The molecule has 0 aromatic heterocycles. The Morgan fingerprint density at radius 1 is 1.00 bits per heavy atom. The Kier molecular flexibility index (Phi) is 8.81. The normalized spacial score (nSPS) is 14.3. The first-order valence-corrected chi connectivity index (χ1v) is 11.9. The summed E-state index contributed by atoms with van der Waals surface area (Å²) in [7, 11) is 1.92. The van der Waals surface area contributed by atoms with Gasteiger partial charge in [-0.05, 0) is 43.4 Å². The van der Waals surface area contributed by atoms with Crippen molar-refractivity contribution >= 4 is 23.6 Å². The van der Waals surface area contributed by atoms with Gasteiger partial charge in [-0.25, -0.2) is 0 Å². The topological polar surface area (TPSA) is 49.4 Å². The summed E-state index contributed by atoms with van der Waals surface area (Å²) in [4.78, 5) is 28.1. The van der Waals surface area contributed by atoms with Crippen molar-refractivity contribution in [1.82, 2.24) is 10.2 Å². The maximum Gasteiger partial charge on any atom is 0.252 e. The van der Waals surface area contributed by atoms with Crippen LogP contribution >= 0.6 is 11.8 Å². The maximum atomic E-state index is 12.7. The molecule has 0 aliphatic heterocycles. The molecule has 5 heteroatoms. The summed E-state index contributed by atoms with van der Waals surface area (Å²) in [6.45, 7) is 0.635. The second-order valence-corrected chi connectivity index (χ2v) is 8.94. The summed E-state index contributed by atoms with van der Waals surface area (Å²) in [5.41, 5.74) is 1.93. The van der Waals surface area contributed by atoms with Gasteiger partial charge in [0.2, 0.25) is 5.91 Å². The van der Waals surface area contributed by atoms with E-state index in [2.05, 4.69) is 17.4 Å². The molecule has 0 spiro atoms. The van der Waals surface area contributed by atoms with Gasteiger partial charge in [0.1, 0.15) is 0 Å². The number of hydrogen-bond donors (Lipinski definition) is 1. The van der Waals surface area contributed by atoms with Crippen LogP contribution in [0.5, 0.6) is 0 Å². The van der Waals surface area contributed by atoms with E-state index in [1.165, 1.54) is 36.6 Å². The predicted octanol–water partition coefficient (Wildman–Crippen LogP) is 4.93. The summed E-state index contributed by atoms with van der Waals surface area (Å²) in [5.74, 6) is 0.440. The third-order valence-corrected chi connectivity index (χ3v) is 6.83. The molecule has 30 heavy (non-hydrogen) atoms. The lowest BCUT2D eigenvalue weighted by Crippen LogP contribution is -2.39. The summed E-state index contributed by atoms with van der Waals surface area (Å²) < 4.78 is 0. The fraction of sp³-hybridized carbons (Fsp3) is 0.440. The molecule has 160 valence electrons. The van der Waals surface area contributed by atoms with Crippen molar-refractivity contribution in [2.45, 2.75) is 55.9 Å². The molecule has 1 aliphatic carbocycles. The molecule has 0 atom stereocenters. The Morgan fingerprint density at radius 3 is 2.47 bits per heavy atom. The van der Waals surface area contributed by atoms with Gasteiger partial charge in [0, 0.05) is 24.5 Å². The van der Waals surface area contributed by atoms with Crippen molar-refractivity contribution in [3.63, 3.8) is 0 Å². The largest absolute Gasteiger partial charge is 0.352 e. The lowest BCUT2D eigenvalue weighted by Gasteiger charge is -2.31. The number of carbonyl (C=O) groups excluding carboxylic acids is 2. The van der Waals surface area contributed by atoms with Gasteiger partial charge in [-0.3, -0.25) is 9.59 Å². The summed E-state index contributed by atoms with van der Waals surface area (Å²) >= 11 is 1.46. The second-order valence-electron chi connectivity index (χ2n) is 7.93. The minimum absolute atomic E-state index is 0.0701. The Bertz CT molecular complexity index is 819. The lowest BCUT2D eigenvalue weighted by atomic mass is 9.94. The molecular formula is C25H32N2O2S. The molecule has 1 fully saturated rings. The minimum Gasteiger partial charge on any atom is -0.352 e. The van der Waals surface area contributed by atoms with Crippen LogP contribution in [0.4, 0.5) is 0 Å². The molecule has 2 amide bonds. The molecule has 2 aromatic carbocycles. The van der Waals surface area contributed by atoms with Gasteiger partial charge in [0.15, 0.2) is 0 Å². The Labute approximate surface area is 184 Å². The van der Waals surface area contributed by atoms with Crippen LogP contribution < -0.4 is 5.32 Å². The zero-order valence-electron chi connectivity index (χ0n) is 17.8. The average Bonchev–Trinajstić information content (AvgIpc) is 2.81. The number of nitrogens with zero attached hydrogens (tertiary/aromatic N) is 1. The average molecular weight is 425 g/mol. The number of nitrogens with one attached hydrogen (secondary N) is 1. The molecule has 2 aromatic rings. The van der Waals surface area contributed by atoms with Gasteiger partial charge in [-0.15, -0.1) is 11.8 Å². The van der Waals surface area contributed by atoms with Crippen LogP contribution in [0.3, 0.4) is 0 Å². The van der Waals surface area contributed by atoms with Crippen molar-refractivity contribution in [2.75, 3.05) is 19.3 Å². The van der Waals surface area contributed by atoms with E-state index in [1.807, 2.05) is 54.4 Å². The number of amides is 2. The fourth-order valence-electron chi connectivity index (χ4n) is 3.93. The second kappa shape index (κ2) is 11.8. The number of aryl methyl sites for hydroxylation is 1. The predicted molar refractivity (Wildman–Crippen MR) is 124 cm³/mol. The fourth-order valence-corrected chi connectivity index (χ4v) is 4.90. The van der Waals surface area contributed by atoms with Gasteiger partial charge in [-0.2, -0.15) is 0 Å². The minimum atomic E-state index is -0.0701. The molecule has 0 bridgehead atoms. The van der Waals surface area contributed by atoms with Crippen molar-refractivity contribution in [1.29, 1.82) is 0 Å². The van der Waals surface area contributed by atoms with Crippen LogP contribution in [0.15, 0.2) is 59.5 Å². The smallest absolute Gasteiger partial charge is 0.252 e. The van der Waals surface area contributed by atoms with E-state index < -0.39 is 0 Å². The van der Waals surface area contributed by atoms with Crippen molar-refractivity contribution in [2.24, 2.45) is 0 Å². The van der Waals surface area contributed by atoms with E-state index in [4.69, 9.17) is 0 Å². The molecular weight excluding hydrogens is 392 g/mol. The molecule has 0 saturated heterocycles. The highest BCUT2D eigenvalue weighted by Gasteiger charge is 2.22. The lowest BCUT2D eigenvalue weighted by molar-refractivity contribution is -0.129. The molecule has 4 nitrogen and oxygen atoms in total.